The molecular weight excluding hydrogens is 274 g/mol. The van der Waals surface area contributed by atoms with Gasteiger partial charge in [-0.3, -0.25) is 0 Å². The second kappa shape index (κ2) is 7.23. The zero-order valence-corrected chi connectivity index (χ0v) is 13.4. The molecule has 1 atom stereocenters. The summed E-state index contributed by atoms with van der Waals surface area (Å²) in [6.07, 6.45) is 4.28. The van der Waals surface area contributed by atoms with Crippen LogP contribution >= 0.6 is 11.6 Å². The van der Waals surface area contributed by atoms with Crippen molar-refractivity contribution in [2.24, 2.45) is 5.92 Å². The molecule has 0 N–H and O–H groups in total. The molecule has 4 nitrogen and oxygen atoms in total. The molecule has 0 aliphatic carbocycles. The number of hydrogen-bond donors (Lipinski definition) is 0. The minimum Gasteiger partial charge on any atom is -0.381 e. The van der Waals surface area contributed by atoms with Crippen LogP contribution < -0.4 is 4.90 Å². The van der Waals surface area contributed by atoms with Crippen LogP contribution in [0.1, 0.15) is 37.6 Å². The molecule has 20 heavy (non-hydrogen) atoms. The monoisotopic (exact) mass is 297 g/mol. The average Bonchev–Trinajstić information content (AvgIpc) is 2.44. The van der Waals surface area contributed by atoms with Crippen LogP contribution in [0.4, 0.5) is 5.82 Å². The summed E-state index contributed by atoms with van der Waals surface area (Å²) in [6.45, 7) is 6.82. The van der Waals surface area contributed by atoms with E-state index in [1.807, 2.05) is 6.92 Å². The molecule has 1 unspecified atom stereocenters. The Bertz CT molecular complexity index is 447. The highest BCUT2D eigenvalue weighted by atomic mass is 35.5. The van der Waals surface area contributed by atoms with Gasteiger partial charge in [-0.05, 0) is 32.1 Å². The van der Waals surface area contributed by atoms with E-state index in [0.29, 0.717) is 11.1 Å². The third-order valence-electron chi connectivity index (χ3n) is 3.73. The highest BCUT2D eigenvalue weighted by Crippen LogP contribution is 2.25. The summed E-state index contributed by atoms with van der Waals surface area (Å²) in [5.41, 5.74) is 0.964. The van der Waals surface area contributed by atoms with Gasteiger partial charge in [0, 0.05) is 32.2 Å². The number of aryl methyl sites for hydroxylation is 1. The molecule has 0 bridgehead atoms. The van der Waals surface area contributed by atoms with Crippen LogP contribution in [0.3, 0.4) is 0 Å². The largest absolute Gasteiger partial charge is 0.381 e. The maximum atomic E-state index is 6.24. The zero-order valence-electron chi connectivity index (χ0n) is 12.7. The molecule has 2 heterocycles. The summed E-state index contributed by atoms with van der Waals surface area (Å²) in [5.74, 6) is 2.38. The lowest BCUT2D eigenvalue weighted by molar-refractivity contribution is 0.0576. The SMILES string of the molecule is CCCc1nc(Cl)c(C)c(N(C)CC2CCCOC2)n1. The molecular formula is C15H24ClN3O. The topological polar surface area (TPSA) is 38.2 Å². The van der Waals surface area contributed by atoms with Gasteiger partial charge in [-0.15, -0.1) is 0 Å². The van der Waals surface area contributed by atoms with Crippen molar-refractivity contribution < 1.29 is 4.74 Å². The van der Waals surface area contributed by atoms with Gasteiger partial charge in [-0.2, -0.15) is 0 Å². The van der Waals surface area contributed by atoms with E-state index in [9.17, 15) is 0 Å². The molecule has 1 aliphatic rings. The van der Waals surface area contributed by atoms with E-state index >= 15 is 0 Å². The van der Waals surface area contributed by atoms with E-state index in [2.05, 4.69) is 28.8 Å². The lowest BCUT2D eigenvalue weighted by Gasteiger charge is -2.28. The molecule has 1 saturated heterocycles. The Balaban J connectivity index is 2.12. The number of halogens is 1. The summed E-state index contributed by atoms with van der Waals surface area (Å²) in [4.78, 5) is 11.2. The molecule has 0 saturated carbocycles. The van der Waals surface area contributed by atoms with Crippen LogP contribution in [0, 0.1) is 12.8 Å². The van der Waals surface area contributed by atoms with E-state index in [0.717, 1.165) is 56.2 Å². The van der Waals surface area contributed by atoms with Gasteiger partial charge in [-0.1, -0.05) is 18.5 Å². The van der Waals surface area contributed by atoms with Crippen molar-refractivity contribution in [1.29, 1.82) is 0 Å². The molecule has 1 aromatic rings. The van der Waals surface area contributed by atoms with Crippen molar-refractivity contribution in [3.63, 3.8) is 0 Å². The standard InChI is InChI=1S/C15H24ClN3O/c1-4-6-13-17-14(16)11(2)15(18-13)19(3)9-12-7-5-8-20-10-12/h12H,4-10H2,1-3H3. The Morgan fingerprint density at radius 3 is 2.85 bits per heavy atom. The molecule has 1 aliphatic heterocycles. The van der Waals surface area contributed by atoms with E-state index in [1.165, 1.54) is 6.42 Å². The van der Waals surface area contributed by atoms with Crippen molar-refractivity contribution >= 4 is 17.4 Å². The lowest BCUT2D eigenvalue weighted by atomic mass is 10.0. The van der Waals surface area contributed by atoms with Gasteiger partial charge in [0.25, 0.3) is 0 Å². The second-order valence-corrected chi connectivity index (χ2v) is 5.95. The molecule has 0 spiro atoms. The van der Waals surface area contributed by atoms with Crippen molar-refractivity contribution in [3.8, 4) is 0 Å². The summed E-state index contributed by atoms with van der Waals surface area (Å²) in [5, 5.41) is 0.574. The van der Waals surface area contributed by atoms with Crippen molar-refractivity contribution in [1.82, 2.24) is 9.97 Å². The lowest BCUT2D eigenvalue weighted by Crippen LogP contribution is -2.32. The third kappa shape index (κ3) is 3.83. The Hall–Kier alpha value is -0.870. The van der Waals surface area contributed by atoms with Crippen LogP contribution in [0.25, 0.3) is 0 Å². The number of hydrogen-bond acceptors (Lipinski definition) is 4. The van der Waals surface area contributed by atoms with Crippen LogP contribution in [-0.2, 0) is 11.2 Å². The molecule has 5 heteroatoms. The Kier molecular flexibility index (Phi) is 5.61. The smallest absolute Gasteiger partial charge is 0.137 e. The first kappa shape index (κ1) is 15.5. The zero-order chi connectivity index (χ0) is 14.5. The highest BCUT2D eigenvalue weighted by Gasteiger charge is 2.19. The molecule has 112 valence electrons. The average molecular weight is 298 g/mol. The van der Waals surface area contributed by atoms with Crippen LogP contribution in [0.15, 0.2) is 0 Å². The fraction of sp³-hybridized carbons (Fsp3) is 0.733. The highest BCUT2D eigenvalue weighted by molar-refractivity contribution is 6.30. The quantitative estimate of drug-likeness (QED) is 0.782. The number of anilines is 1. The van der Waals surface area contributed by atoms with Gasteiger partial charge in [0.1, 0.15) is 16.8 Å². The number of ether oxygens (including phenoxy) is 1. The van der Waals surface area contributed by atoms with Gasteiger partial charge < -0.3 is 9.64 Å². The Morgan fingerprint density at radius 2 is 2.20 bits per heavy atom. The fourth-order valence-corrected chi connectivity index (χ4v) is 2.83. The van der Waals surface area contributed by atoms with Gasteiger partial charge >= 0.3 is 0 Å². The van der Waals surface area contributed by atoms with Crippen molar-refractivity contribution in [2.45, 2.75) is 39.5 Å². The van der Waals surface area contributed by atoms with Crippen LogP contribution in [0.2, 0.25) is 5.15 Å². The number of nitrogens with zero attached hydrogens (tertiary/aromatic N) is 3. The predicted molar refractivity (Wildman–Crippen MR) is 82.6 cm³/mol. The summed E-state index contributed by atoms with van der Waals surface area (Å²) in [7, 11) is 2.08. The predicted octanol–water partition coefficient (Wildman–Crippen LogP) is 3.25. The molecule has 1 aromatic heterocycles. The first-order valence-corrected chi connectivity index (χ1v) is 7.81. The summed E-state index contributed by atoms with van der Waals surface area (Å²) >= 11 is 6.24. The fourth-order valence-electron chi connectivity index (χ4n) is 2.65. The molecule has 2 rings (SSSR count). The molecule has 0 amide bonds. The molecule has 0 radical (unpaired) electrons. The van der Waals surface area contributed by atoms with Gasteiger partial charge in [0.15, 0.2) is 0 Å². The van der Waals surface area contributed by atoms with E-state index < -0.39 is 0 Å². The maximum absolute atomic E-state index is 6.24. The van der Waals surface area contributed by atoms with E-state index in [1.54, 1.807) is 0 Å². The van der Waals surface area contributed by atoms with E-state index in [4.69, 9.17) is 16.3 Å². The minimum absolute atomic E-state index is 0.574. The van der Waals surface area contributed by atoms with Crippen LogP contribution in [0.5, 0.6) is 0 Å². The number of aromatic nitrogens is 2. The first-order chi connectivity index (χ1) is 9.61. The van der Waals surface area contributed by atoms with Crippen molar-refractivity contribution in [3.05, 3.63) is 16.5 Å². The minimum atomic E-state index is 0.574. The third-order valence-corrected chi connectivity index (χ3v) is 4.10. The summed E-state index contributed by atoms with van der Waals surface area (Å²) in [6, 6.07) is 0. The molecule has 1 fully saturated rings. The normalized spacial score (nSPS) is 19.1. The first-order valence-electron chi connectivity index (χ1n) is 7.43. The number of rotatable bonds is 5. The second-order valence-electron chi connectivity index (χ2n) is 5.59. The van der Waals surface area contributed by atoms with Gasteiger partial charge in [0.05, 0.1) is 6.61 Å². The molecule has 0 aromatic carbocycles. The maximum Gasteiger partial charge on any atom is 0.137 e. The van der Waals surface area contributed by atoms with Crippen LogP contribution in [-0.4, -0.2) is 36.8 Å². The van der Waals surface area contributed by atoms with Crippen molar-refractivity contribution in [2.75, 3.05) is 31.7 Å². The van der Waals surface area contributed by atoms with Gasteiger partial charge in [0.2, 0.25) is 0 Å². The van der Waals surface area contributed by atoms with E-state index in [-0.39, 0.29) is 0 Å². The Morgan fingerprint density at radius 1 is 1.40 bits per heavy atom. The summed E-state index contributed by atoms with van der Waals surface area (Å²) < 4.78 is 5.55. The Labute approximate surface area is 126 Å². The van der Waals surface area contributed by atoms with Gasteiger partial charge in [-0.25, -0.2) is 9.97 Å².